The van der Waals surface area contributed by atoms with Crippen molar-refractivity contribution >= 4 is 11.6 Å². The third kappa shape index (κ3) is 8.01. The Morgan fingerprint density at radius 1 is 1.00 bits per heavy atom. The van der Waals surface area contributed by atoms with Gasteiger partial charge in [-0.1, -0.05) is 67.1 Å². The summed E-state index contributed by atoms with van der Waals surface area (Å²) in [4.78, 5) is 21.0. The maximum Gasteiger partial charge on any atom is 0.246 e. The zero-order chi connectivity index (χ0) is 25.2. The van der Waals surface area contributed by atoms with Gasteiger partial charge in [0, 0.05) is 31.4 Å². The molecule has 2 N–H and O–H groups in total. The van der Waals surface area contributed by atoms with Crippen molar-refractivity contribution in [2.75, 3.05) is 19.6 Å². The van der Waals surface area contributed by atoms with Crippen molar-refractivity contribution in [3.05, 3.63) is 71.3 Å². The van der Waals surface area contributed by atoms with Gasteiger partial charge in [-0.15, -0.1) is 0 Å². The van der Waals surface area contributed by atoms with Gasteiger partial charge in [0.25, 0.3) is 0 Å². The number of amides is 1. The molecule has 194 valence electrons. The van der Waals surface area contributed by atoms with Crippen LogP contribution in [0, 0.1) is 12.8 Å². The van der Waals surface area contributed by atoms with Gasteiger partial charge >= 0.3 is 0 Å². The van der Waals surface area contributed by atoms with Gasteiger partial charge in [-0.05, 0) is 82.0 Å². The number of piperidine rings is 1. The Kier molecular flexibility index (Phi) is 10.1. The standard InChI is InChI=1S/C31H44N4O/c1-3-29(32-21-25-9-5-4-6-10-25)30(34-28-11-7-8-12-28)31(36)33-22-26-17-19-35(20-18-26)23-27-15-13-24(2)14-16-27/h4-6,9-10,13-16,26,29-30,32H,3,7-8,11-12,17-23H2,1-2H3,(H,33,36). The molecular formula is C31H44N4O. The predicted molar refractivity (Wildman–Crippen MR) is 149 cm³/mol. The van der Waals surface area contributed by atoms with E-state index in [4.69, 9.17) is 4.99 Å². The largest absolute Gasteiger partial charge is 0.354 e. The highest BCUT2D eigenvalue weighted by Gasteiger charge is 2.29. The topological polar surface area (TPSA) is 56.7 Å². The van der Waals surface area contributed by atoms with Crippen LogP contribution in [-0.4, -0.2) is 48.2 Å². The lowest BCUT2D eigenvalue weighted by Gasteiger charge is -2.32. The summed E-state index contributed by atoms with van der Waals surface area (Å²) in [5.74, 6) is 0.629. The monoisotopic (exact) mass is 488 g/mol. The summed E-state index contributed by atoms with van der Waals surface area (Å²) >= 11 is 0. The average Bonchev–Trinajstić information content (AvgIpc) is 3.43. The Labute approximate surface area is 217 Å². The van der Waals surface area contributed by atoms with Crippen molar-refractivity contribution in [2.45, 2.75) is 84.0 Å². The van der Waals surface area contributed by atoms with Gasteiger partial charge in [0.1, 0.15) is 6.04 Å². The third-order valence-electron chi connectivity index (χ3n) is 7.80. The molecule has 1 aliphatic heterocycles. The van der Waals surface area contributed by atoms with Crippen molar-refractivity contribution in [3.63, 3.8) is 0 Å². The minimum absolute atomic E-state index is 0.0367. The molecule has 36 heavy (non-hydrogen) atoms. The zero-order valence-corrected chi connectivity index (χ0v) is 22.2. The van der Waals surface area contributed by atoms with Crippen LogP contribution in [0.15, 0.2) is 59.6 Å². The lowest BCUT2D eigenvalue weighted by Crippen LogP contribution is -2.49. The molecular weight excluding hydrogens is 444 g/mol. The first kappa shape index (κ1) is 26.6. The summed E-state index contributed by atoms with van der Waals surface area (Å²) in [7, 11) is 0. The molecule has 2 aliphatic rings. The fourth-order valence-corrected chi connectivity index (χ4v) is 5.41. The zero-order valence-electron chi connectivity index (χ0n) is 22.2. The number of nitrogens with zero attached hydrogens (tertiary/aromatic N) is 2. The fraction of sp³-hybridized carbons (Fsp3) is 0.548. The summed E-state index contributed by atoms with van der Waals surface area (Å²) < 4.78 is 0. The molecule has 1 aliphatic carbocycles. The van der Waals surface area contributed by atoms with E-state index in [1.54, 1.807) is 0 Å². The lowest BCUT2D eigenvalue weighted by molar-refractivity contribution is -0.123. The smallest absolute Gasteiger partial charge is 0.246 e. The first-order chi connectivity index (χ1) is 17.6. The van der Waals surface area contributed by atoms with E-state index in [2.05, 4.69) is 77.9 Å². The maximum atomic E-state index is 13.4. The predicted octanol–water partition coefficient (Wildman–Crippen LogP) is 5.28. The molecule has 1 heterocycles. The van der Waals surface area contributed by atoms with Crippen molar-refractivity contribution in [3.8, 4) is 0 Å². The van der Waals surface area contributed by atoms with Gasteiger partial charge in [0.05, 0.1) is 0 Å². The molecule has 1 saturated heterocycles. The first-order valence-electron chi connectivity index (χ1n) is 14.0. The van der Waals surface area contributed by atoms with E-state index >= 15 is 0 Å². The summed E-state index contributed by atoms with van der Waals surface area (Å²) in [5.41, 5.74) is 5.15. The molecule has 4 rings (SSSR count). The van der Waals surface area contributed by atoms with Gasteiger partial charge in [0.2, 0.25) is 5.91 Å². The number of carbonyl (C=O) groups is 1. The molecule has 5 heteroatoms. The number of carbonyl (C=O) groups excluding carboxylic acids is 1. The van der Waals surface area contributed by atoms with Crippen LogP contribution in [-0.2, 0) is 17.9 Å². The second-order valence-electron chi connectivity index (χ2n) is 10.7. The molecule has 0 bridgehead atoms. The Bertz CT molecular complexity index is 956. The van der Waals surface area contributed by atoms with Crippen molar-refractivity contribution in [2.24, 2.45) is 10.9 Å². The van der Waals surface area contributed by atoms with Gasteiger partial charge in [-0.25, -0.2) is 0 Å². The minimum atomic E-state index is -0.353. The van der Waals surface area contributed by atoms with Crippen LogP contribution in [0.25, 0.3) is 0 Å². The highest BCUT2D eigenvalue weighted by atomic mass is 16.2. The Balaban J connectivity index is 1.29. The normalized spacial score (nSPS) is 18.7. The number of hydrogen-bond donors (Lipinski definition) is 2. The third-order valence-corrected chi connectivity index (χ3v) is 7.80. The number of aliphatic imine (C=N–C) groups is 1. The van der Waals surface area contributed by atoms with Gasteiger partial charge in [-0.3, -0.25) is 14.7 Å². The van der Waals surface area contributed by atoms with Gasteiger partial charge in [0.15, 0.2) is 0 Å². The lowest BCUT2D eigenvalue weighted by atomic mass is 9.96. The van der Waals surface area contributed by atoms with E-state index in [1.807, 2.05) is 6.07 Å². The van der Waals surface area contributed by atoms with Gasteiger partial charge < -0.3 is 10.6 Å². The molecule has 1 amide bonds. The highest BCUT2D eigenvalue weighted by molar-refractivity contribution is 5.91. The van der Waals surface area contributed by atoms with Crippen LogP contribution < -0.4 is 10.6 Å². The molecule has 0 radical (unpaired) electrons. The van der Waals surface area contributed by atoms with Crippen molar-refractivity contribution < 1.29 is 4.79 Å². The molecule has 1 saturated carbocycles. The first-order valence-corrected chi connectivity index (χ1v) is 14.0. The highest BCUT2D eigenvalue weighted by Crippen LogP contribution is 2.20. The molecule has 5 nitrogen and oxygen atoms in total. The number of aryl methyl sites for hydroxylation is 1. The van der Waals surface area contributed by atoms with E-state index in [0.29, 0.717) is 5.92 Å². The molecule has 2 fully saturated rings. The number of rotatable bonds is 11. The summed E-state index contributed by atoms with van der Waals surface area (Å²) in [6, 6.07) is 19.0. The number of hydrogen-bond acceptors (Lipinski definition) is 4. The van der Waals surface area contributed by atoms with Crippen molar-refractivity contribution in [1.29, 1.82) is 0 Å². The molecule has 0 spiro atoms. The van der Waals surface area contributed by atoms with Gasteiger partial charge in [-0.2, -0.15) is 0 Å². The number of benzene rings is 2. The summed E-state index contributed by atoms with van der Waals surface area (Å²) in [6.07, 6.45) is 7.62. The van der Waals surface area contributed by atoms with Crippen LogP contribution in [0.1, 0.15) is 68.6 Å². The van der Waals surface area contributed by atoms with Crippen LogP contribution in [0.4, 0.5) is 0 Å². The fourth-order valence-electron chi connectivity index (χ4n) is 5.41. The minimum Gasteiger partial charge on any atom is -0.354 e. The second-order valence-corrected chi connectivity index (χ2v) is 10.7. The Hall–Kier alpha value is -2.50. The van der Waals surface area contributed by atoms with E-state index in [0.717, 1.165) is 64.8 Å². The number of likely N-dealkylation sites (tertiary alicyclic amines) is 1. The quantitative estimate of drug-likeness (QED) is 0.453. The maximum absolute atomic E-state index is 13.4. The Morgan fingerprint density at radius 3 is 2.36 bits per heavy atom. The molecule has 2 aromatic rings. The van der Waals surface area contributed by atoms with Crippen LogP contribution in [0.2, 0.25) is 0 Å². The Morgan fingerprint density at radius 2 is 1.69 bits per heavy atom. The second kappa shape index (κ2) is 13.7. The van der Waals surface area contributed by atoms with E-state index in [9.17, 15) is 4.79 Å². The average molecular weight is 489 g/mol. The van der Waals surface area contributed by atoms with E-state index in [-0.39, 0.29) is 18.0 Å². The SMILES string of the molecule is CCC(NCc1ccccc1)C(N=C1CCCC1)C(=O)NCC1CCN(Cc2ccc(C)cc2)CC1. The van der Waals surface area contributed by atoms with E-state index in [1.165, 1.54) is 35.2 Å². The van der Waals surface area contributed by atoms with Crippen LogP contribution in [0.3, 0.4) is 0 Å². The van der Waals surface area contributed by atoms with Crippen LogP contribution in [0.5, 0.6) is 0 Å². The number of nitrogens with one attached hydrogen (secondary N) is 2. The van der Waals surface area contributed by atoms with E-state index < -0.39 is 0 Å². The molecule has 2 aromatic carbocycles. The molecule has 2 unspecified atom stereocenters. The molecule has 2 atom stereocenters. The van der Waals surface area contributed by atoms with Crippen LogP contribution >= 0.6 is 0 Å². The summed E-state index contributed by atoms with van der Waals surface area (Å²) in [5, 5.41) is 6.94. The molecule has 0 aromatic heterocycles. The summed E-state index contributed by atoms with van der Waals surface area (Å²) in [6.45, 7) is 9.01. The van der Waals surface area contributed by atoms with Crippen molar-refractivity contribution in [1.82, 2.24) is 15.5 Å².